The van der Waals surface area contributed by atoms with Crippen molar-refractivity contribution in [2.75, 3.05) is 38.2 Å². The maximum Gasteiger partial charge on any atom is 0.416 e. The molecule has 0 aromatic heterocycles. The molecule has 2 aliphatic rings. The minimum absolute atomic E-state index is 0.0242. The molecule has 0 aliphatic carbocycles. The Morgan fingerprint density at radius 1 is 1.03 bits per heavy atom. The highest BCUT2D eigenvalue weighted by Gasteiger charge is 2.40. The second kappa shape index (κ2) is 9.40. The van der Waals surface area contributed by atoms with E-state index in [9.17, 15) is 22.8 Å². The summed E-state index contributed by atoms with van der Waals surface area (Å²) in [5, 5.41) is 2.37. The van der Waals surface area contributed by atoms with Crippen molar-refractivity contribution >= 4 is 17.5 Å². The molecule has 2 aliphatic heterocycles. The molecule has 1 N–H and O–H groups in total. The number of halogens is 3. The molecule has 33 heavy (non-hydrogen) atoms. The van der Waals surface area contributed by atoms with Crippen LogP contribution in [0, 0.1) is 0 Å². The Balaban J connectivity index is 1.26. The van der Waals surface area contributed by atoms with Crippen molar-refractivity contribution in [2.45, 2.75) is 24.8 Å². The Hall–Kier alpha value is -3.11. The van der Waals surface area contributed by atoms with E-state index in [0.717, 1.165) is 12.1 Å². The van der Waals surface area contributed by atoms with Gasteiger partial charge in [0.15, 0.2) is 12.4 Å². The summed E-state index contributed by atoms with van der Waals surface area (Å²) in [7, 11) is 0. The van der Waals surface area contributed by atoms with E-state index in [2.05, 4.69) is 5.32 Å². The molecule has 0 radical (unpaired) electrons. The van der Waals surface area contributed by atoms with Gasteiger partial charge >= 0.3 is 6.18 Å². The van der Waals surface area contributed by atoms with E-state index in [0.29, 0.717) is 50.5 Å². The molecule has 10 heteroatoms. The number of hydrogen-bond donors (Lipinski definition) is 1. The van der Waals surface area contributed by atoms with E-state index in [4.69, 9.17) is 14.2 Å². The molecule has 0 atom stereocenters. The number of nitrogens with zero attached hydrogens (tertiary/aromatic N) is 1. The maximum atomic E-state index is 12.8. The number of piperidine rings is 1. The van der Waals surface area contributed by atoms with Gasteiger partial charge < -0.3 is 24.4 Å². The Labute approximate surface area is 188 Å². The number of benzene rings is 2. The van der Waals surface area contributed by atoms with E-state index >= 15 is 0 Å². The molecular formula is C23H23F3N2O5. The fourth-order valence-corrected chi connectivity index (χ4v) is 3.83. The Morgan fingerprint density at radius 3 is 2.33 bits per heavy atom. The summed E-state index contributed by atoms with van der Waals surface area (Å²) in [5.74, 6) is -0.913. The lowest BCUT2D eigenvalue weighted by Gasteiger charge is -2.37. The van der Waals surface area contributed by atoms with Gasteiger partial charge in [0, 0.05) is 37.2 Å². The molecule has 2 saturated heterocycles. The molecule has 2 fully saturated rings. The molecule has 7 nitrogen and oxygen atoms in total. The van der Waals surface area contributed by atoms with Crippen LogP contribution in [-0.2, 0) is 20.4 Å². The second-order valence-electron chi connectivity index (χ2n) is 7.84. The van der Waals surface area contributed by atoms with Crippen LogP contribution in [0.15, 0.2) is 48.5 Å². The number of amides is 2. The average Bonchev–Trinajstić information content (AvgIpc) is 3.25. The van der Waals surface area contributed by atoms with Gasteiger partial charge in [-0.2, -0.15) is 13.2 Å². The zero-order valence-corrected chi connectivity index (χ0v) is 17.7. The van der Waals surface area contributed by atoms with Crippen molar-refractivity contribution < 1.29 is 37.0 Å². The molecular weight excluding hydrogens is 441 g/mol. The zero-order chi connectivity index (χ0) is 23.5. The monoisotopic (exact) mass is 464 g/mol. The molecule has 0 saturated carbocycles. The normalized spacial score (nSPS) is 17.7. The molecule has 2 amide bonds. The average molecular weight is 464 g/mol. The first-order chi connectivity index (χ1) is 15.7. The van der Waals surface area contributed by atoms with E-state index in [-0.39, 0.29) is 11.6 Å². The molecule has 0 unspecified atom stereocenters. The van der Waals surface area contributed by atoms with Crippen molar-refractivity contribution in [3.8, 4) is 5.75 Å². The number of rotatable bonds is 5. The number of anilines is 1. The van der Waals surface area contributed by atoms with Crippen LogP contribution in [-0.4, -0.2) is 55.4 Å². The van der Waals surface area contributed by atoms with Crippen molar-refractivity contribution in [1.82, 2.24) is 4.90 Å². The highest BCUT2D eigenvalue weighted by Crippen LogP contribution is 2.32. The van der Waals surface area contributed by atoms with E-state index < -0.39 is 30.0 Å². The lowest BCUT2D eigenvalue weighted by molar-refractivity contribution is -0.181. The molecule has 2 heterocycles. The van der Waals surface area contributed by atoms with Crippen LogP contribution in [0.4, 0.5) is 18.9 Å². The zero-order valence-electron chi connectivity index (χ0n) is 17.7. The van der Waals surface area contributed by atoms with Crippen LogP contribution < -0.4 is 10.1 Å². The van der Waals surface area contributed by atoms with Crippen LogP contribution in [0.1, 0.15) is 28.8 Å². The summed E-state index contributed by atoms with van der Waals surface area (Å²) in [5.41, 5.74) is -0.343. The van der Waals surface area contributed by atoms with Crippen LogP contribution in [0.3, 0.4) is 0 Å². The largest absolute Gasteiger partial charge is 0.484 e. The fraction of sp³-hybridized carbons (Fsp3) is 0.391. The van der Waals surface area contributed by atoms with Gasteiger partial charge in [-0.05, 0) is 42.5 Å². The molecule has 4 rings (SSSR count). The third-order valence-electron chi connectivity index (χ3n) is 5.57. The Bertz CT molecular complexity index is 994. The topological polar surface area (TPSA) is 77.1 Å². The smallest absolute Gasteiger partial charge is 0.416 e. The number of nitrogens with one attached hydrogen (secondary N) is 1. The van der Waals surface area contributed by atoms with E-state index in [1.807, 2.05) is 0 Å². The quantitative estimate of drug-likeness (QED) is 0.730. The van der Waals surface area contributed by atoms with Crippen molar-refractivity contribution in [1.29, 1.82) is 0 Å². The third kappa shape index (κ3) is 5.63. The first-order valence-corrected chi connectivity index (χ1v) is 10.5. The maximum absolute atomic E-state index is 12.8. The van der Waals surface area contributed by atoms with Gasteiger partial charge in [-0.15, -0.1) is 0 Å². The lowest BCUT2D eigenvalue weighted by atomic mass is 10.0. The van der Waals surface area contributed by atoms with Crippen LogP contribution >= 0.6 is 0 Å². The number of carbonyl (C=O) groups excluding carboxylic acids is 2. The number of carbonyl (C=O) groups is 2. The highest BCUT2D eigenvalue weighted by atomic mass is 19.4. The Morgan fingerprint density at radius 2 is 1.70 bits per heavy atom. The molecule has 2 aromatic rings. The lowest BCUT2D eigenvalue weighted by Crippen LogP contribution is -2.47. The standard InChI is InChI=1S/C23H23F3N2O5/c24-23(25,26)17-2-1-3-18(14-17)27-20(29)15-31-19-6-4-16(5-7-19)21(30)28-10-8-22(9-11-28)32-12-13-33-22/h1-7,14H,8-13,15H2,(H,27,29). The number of ether oxygens (including phenoxy) is 3. The predicted octanol–water partition coefficient (Wildman–Crippen LogP) is 3.70. The minimum atomic E-state index is -4.50. The summed E-state index contributed by atoms with van der Waals surface area (Å²) < 4.78 is 55.1. The SMILES string of the molecule is O=C(COc1ccc(C(=O)N2CCC3(CC2)OCCO3)cc1)Nc1cccc(C(F)(F)F)c1. The third-order valence-corrected chi connectivity index (χ3v) is 5.57. The van der Waals surface area contributed by atoms with Gasteiger partial charge in [0.25, 0.3) is 11.8 Å². The van der Waals surface area contributed by atoms with Gasteiger partial charge in [0.2, 0.25) is 0 Å². The number of alkyl halides is 3. The van der Waals surface area contributed by atoms with E-state index in [1.165, 1.54) is 12.1 Å². The van der Waals surface area contributed by atoms with Crippen LogP contribution in [0.5, 0.6) is 5.75 Å². The molecule has 1 spiro atoms. The van der Waals surface area contributed by atoms with Crippen LogP contribution in [0.25, 0.3) is 0 Å². The predicted molar refractivity (Wildman–Crippen MR) is 112 cm³/mol. The second-order valence-corrected chi connectivity index (χ2v) is 7.84. The Kier molecular flexibility index (Phi) is 6.57. The number of likely N-dealkylation sites (tertiary alicyclic amines) is 1. The first kappa shape index (κ1) is 23.1. The van der Waals surface area contributed by atoms with Crippen LogP contribution in [0.2, 0.25) is 0 Å². The summed E-state index contributed by atoms with van der Waals surface area (Å²) in [6.07, 6.45) is -3.24. The van der Waals surface area contributed by atoms with E-state index in [1.54, 1.807) is 29.2 Å². The first-order valence-electron chi connectivity index (χ1n) is 10.5. The molecule has 0 bridgehead atoms. The summed E-state index contributed by atoms with van der Waals surface area (Å²) in [4.78, 5) is 26.5. The van der Waals surface area contributed by atoms with Crippen molar-refractivity contribution in [3.63, 3.8) is 0 Å². The van der Waals surface area contributed by atoms with Gasteiger partial charge in [0.05, 0.1) is 18.8 Å². The van der Waals surface area contributed by atoms with Gasteiger partial charge in [-0.1, -0.05) is 6.07 Å². The fourth-order valence-electron chi connectivity index (χ4n) is 3.83. The summed E-state index contributed by atoms with van der Waals surface area (Å²) in [6.45, 7) is 1.83. The minimum Gasteiger partial charge on any atom is -0.484 e. The number of hydrogen-bond acceptors (Lipinski definition) is 5. The van der Waals surface area contributed by atoms with Crippen molar-refractivity contribution in [3.05, 3.63) is 59.7 Å². The summed E-state index contributed by atoms with van der Waals surface area (Å²) in [6, 6.07) is 10.7. The van der Waals surface area contributed by atoms with Gasteiger partial charge in [-0.25, -0.2) is 0 Å². The van der Waals surface area contributed by atoms with Gasteiger partial charge in [0.1, 0.15) is 5.75 Å². The van der Waals surface area contributed by atoms with Gasteiger partial charge in [-0.3, -0.25) is 9.59 Å². The summed E-state index contributed by atoms with van der Waals surface area (Å²) >= 11 is 0. The molecule has 2 aromatic carbocycles. The van der Waals surface area contributed by atoms with Crippen molar-refractivity contribution in [2.24, 2.45) is 0 Å². The highest BCUT2D eigenvalue weighted by molar-refractivity contribution is 5.94. The molecule has 176 valence electrons.